The number of nitrogens with zero attached hydrogens (tertiary/aromatic N) is 1. The van der Waals surface area contributed by atoms with Gasteiger partial charge in [0.05, 0.1) is 0 Å². The molecule has 0 amide bonds. The minimum absolute atomic E-state index is 0.101. The Morgan fingerprint density at radius 3 is 2.89 bits per heavy atom. The van der Waals surface area contributed by atoms with Gasteiger partial charge in [0.2, 0.25) is 0 Å². The molecule has 0 saturated carbocycles. The van der Waals surface area contributed by atoms with Gasteiger partial charge < -0.3 is 5.73 Å². The molecule has 1 aromatic heterocycles. The summed E-state index contributed by atoms with van der Waals surface area (Å²) in [6.07, 6.45) is 1.17. The van der Waals surface area contributed by atoms with Crippen molar-refractivity contribution < 1.29 is 0 Å². The summed E-state index contributed by atoms with van der Waals surface area (Å²) in [5.74, 6) is 0. The quantitative estimate of drug-likeness (QED) is 0.928. The predicted molar refractivity (Wildman–Crippen MR) is 81.4 cm³/mol. The molecule has 1 aromatic carbocycles. The van der Waals surface area contributed by atoms with Crippen LogP contribution in [0.5, 0.6) is 0 Å². The van der Waals surface area contributed by atoms with Crippen molar-refractivity contribution in [3.63, 3.8) is 0 Å². The summed E-state index contributed by atoms with van der Waals surface area (Å²) in [5.41, 5.74) is 9.07. The smallest absolute Gasteiger partial charge is 0.0424 e. The van der Waals surface area contributed by atoms with Gasteiger partial charge in [0.1, 0.15) is 0 Å². The normalized spacial score (nSPS) is 21.1. The lowest BCUT2D eigenvalue weighted by atomic mass is 9.99. The third-order valence-electron chi connectivity index (χ3n) is 4.06. The van der Waals surface area contributed by atoms with E-state index in [4.69, 9.17) is 5.73 Å². The summed E-state index contributed by atoms with van der Waals surface area (Å²) in [6, 6.07) is 13.3. The van der Waals surface area contributed by atoms with E-state index in [9.17, 15) is 0 Å². The van der Waals surface area contributed by atoms with Crippen LogP contribution in [-0.2, 0) is 6.42 Å². The summed E-state index contributed by atoms with van der Waals surface area (Å²) in [7, 11) is 0. The van der Waals surface area contributed by atoms with E-state index in [1.165, 1.54) is 17.5 Å². The van der Waals surface area contributed by atoms with Crippen molar-refractivity contribution >= 4 is 11.3 Å². The Kier molecular flexibility index (Phi) is 3.69. The van der Waals surface area contributed by atoms with Gasteiger partial charge in [-0.2, -0.15) is 0 Å². The van der Waals surface area contributed by atoms with E-state index in [1.54, 1.807) is 4.88 Å². The van der Waals surface area contributed by atoms with Crippen molar-refractivity contribution in [3.05, 3.63) is 57.8 Å². The largest absolute Gasteiger partial charge is 0.323 e. The predicted octanol–water partition coefficient (Wildman–Crippen LogP) is 3.37. The molecular formula is C16H20N2S. The number of hydrogen-bond donors (Lipinski definition) is 1. The highest BCUT2D eigenvalue weighted by Gasteiger charge is 2.25. The molecule has 1 aliphatic heterocycles. The van der Waals surface area contributed by atoms with Crippen molar-refractivity contribution in [3.8, 4) is 0 Å². The zero-order chi connectivity index (χ0) is 13.2. The van der Waals surface area contributed by atoms with E-state index in [-0.39, 0.29) is 6.04 Å². The first-order chi connectivity index (χ1) is 9.25. The number of thiophene rings is 1. The Balaban J connectivity index is 1.71. The van der Waals surface area contributed by atoms with Crippen LogP contribution in [0.4, 0.5) is 0 Å². The fourth-order valence-corrected chi connectivity index (χ4v) is 3.83. The Morgan fingerprint density at radius 2 is 2.11 bits per heavy atom. The van der Waals surface area contributed by atoms with Gasteiger partial charge in [-0.1, -0.05) is 30.3 Å². The minimum Gasteiger partial charge on any atom is -0.323 e. The lowest BCUT2D eigenvalue weighted by Gasteiger charge is -2.35. The molecule has 2 nitrogen and oxygen atoms in total. The second-order valence-corrected chi connectivity index (χ2v) is 6.24. The number of benzene rings is 1. The van der Waals surface area contributed by atoms with Crippen molar-refractivity contribution in [2.24, 2.45) is 5.73 Å². The van der Waals surface area contributed by atoms with Crippen LogP contribution in [0.3, 0.4) is 0 Å². The summed E-state index contributed by atoms with van der Waals surface area (Å²) in [5, 5.41) is 2.21. The molecule has 100 valence electrons. The molecule has 0 bridgehead atoms. The summed E-state index contributed by atoms with van der Waals surface area (Å²) >= 11 is 1.89. The van der Waals surface area contributed by atoms with E-state index in [0.29, 0.717) is 6.04 Å². The van der Waals surface area contributed by atoms with Gasteiger partial charge in [0.15, 0.2) is 0 Å². The van der Waals surface area contributed by atoms with Crippen LogP contribution < -0.4 is 5.73 Å². The van der Waals surface area contributed by atoms with Crippen LogP contribution in [0.1, 0.15) is 35.0 Å². The van der Waals surface area contributed by atoms with Crippen molar-refractivity contribution in [2.75, 3.05) is 13.1 Å². The van der Waals surface area contributed by atoms with Gasteiger partial charge in [0.25, 0.3) is 0 Å². The zero-order valence-corrected chi connectivity index (χ0v) is 12.1. The standard InChI is InChI=1S/C16H20N2S/c1-12-14-8-10-19-16(14)7-9-18(12)11-15(17)13-5-3-2-4-6-13/h2-6,8,10,12,15H,7,9,11,17H2,1H3. The van der Waals surface area contributed by atoms with E-state index >= 15 is 0 Å². The van der Waals surface area contributed by atoms with E-state index < -0.39 is 0 Å². The highest BCUT2D eigenvalue weighted by Crippen LogP contribution is 2.33. The number of fused-ring (bicyclic) bond motifs is 1. The third kappa shape index (κ3) is 2.59. The Labute approximate surface area is 118 Å². The maximum atomic E-state index is 6.34. The van der Waals surface area contributed by atoms with Crippen LogP contribution in [0.15, 0.2) is 41.8 Å². The fourth-order valence-electron chi connectivity index (χ4n) is 2.87. The molecule has 2 heterocycles. The maximum absolute atomic E-state index is 6.34. The maximum Gasteiger partial charge on any atom is 0.0424 e. The lowest BCUT2D eigenvalue weighted by Crippen LogP contribution is -2.38. The molecule has 1 aliphatic rings. The average Bonchev–Trinajstić information content (AvgIpc) is 2.92. The van der Waals surface area contributed by atoms with Crippen LogP contribution in [0.25, 0.3) is 0 Å². The molecule has 2 unspecified atom stereocenters. The zero-order valence-electron chi connectivity index (χ0n) is 11.3. The van der Waals surface area contributed by atoms with Crippen molar-refractivity contribution in [2.45, 2.75) is 25.4 Å². The summed E-state index contributed by atoms with van der Waals surface area (Å²) in [6.45, 7) is 4.35. The first-order valence-electron chi connectivity index (χ1n) is 6.86. The molecule has 19 heavy (non-hydrogen) atoms. The third-order valence-corrected chi connectivity index (χ3v) is 5.06. The van der Waals surface area contributed by atoms with E-state index in [1.807, 2.05) is 17.4 Å². The first kappa shape index (κ1) is 12.9. The Bertz CT molecular complexity index is 535. The molecule has 2 atom stereocenters. The summed E-state index contributed by atoms with van der Waals surface area (Å²) in [4.78, 5) is 4.06. The highest BCUT2D eigenvalue weighted by molar-refractivity contribution is 7.10. The van der Waals surface area contributed by atoms with Gasteiger partial charge in [-0.05, 0) is 35.9 Å². The Morgan fingerprint density at radius 1 is 1.32 bits per heavy atom. The molecule has 0 fully saturated rings. The molecule has 0 saturated heterocycles. The molecule has 2 N–H and O–H groups in total. The van der Waals surface area contributed by atoms with Gasteiger partial charge >= 0.3 is 0 Å². The minimum atomic E-state index is 0.101. The fraction of sp³-hybridized carbons (Fsp3) is 0.375. The molecule has 0 radical (unpaired) electrons. The van der Waals surface area contributed by atoms with Crippen molar-refractivity contribution in [1.29, 1.82) is 0 Å². The van der Waals surface area contributed by atoms with Crippen LogP contribution >= 0.6 is 11.3 Å². The number of hydrogen-bond acceptors (Lipinski definition) is 3. The Hall–Kier alpha value is -1.16. The monoisotopic (exact) mass is 272 g/mol. The van der Waals surface area contributed by atoms with E-state index in [0.717, 1.165) is 13.1 Å². The van der Waals surface area contributed by atoms with Gasteiger partial charge in [-0.15, -0.1) is 11.3 Å². The topological polar surface area (TPSA) is 29.3 Å². The highest BCUT2D eigenvalue weighted by atomic mass is 32.1. The number of nitrogens with two attached hydrogens (primary N) is 1. The molecule has 0 aliphatic carbocycles. The molecule has 3 heteroatoms. The molecular weight excluding hydrogens is 252 g/mol. The second kappa shape index (κ2) is 5.45. The molecule has 3 rings (SSSR count). The van der Waals surface area contributed by atoms with Crippen LogP contribution in [-0.4, -0.2) is 18.0 Å². The van der Waals surface area contributed by atoms with Gasteiger partial charge in [0, 0.05) is 30.1 Å². The SMILES string of the molecule is CC1c2ccsc2CCN1CC(N)c1ccccc1. The van der Waals surface area contributed by atoms with Crippen LogP contribution in [0, 0.1) is 0 Å². The second-order valence-electron chi connectivity index (χ2n) is 5.24. The molecule has 2 aromatic rings. The van der Waals surface area contributed by atoms with Gasteiger partial charge in [-0.3, -0.25) is 4.90 Å². The summed E-state index contributed by atoms with van der Waals surface area (Å²) < 4.78 is 0. The molecule has 0 spiro atoms. The number of rotatable bonds is 3. The lowest BCUT2D eigenvalue weighted by molar-refractivity contribution is 0.188. The van der Waals surface area contributed by atoms with Gasteiger partial charge in [-0.25, -0.2) is 0 Å². The first-order valence-corrected chi connectivity index (χ1v) is 7.74. The average molecular weight is 272 g/mol. The van der Waals surface area contributed by atoms with Crippen molar-refractivity contribution in [1.82, 2.24) is 4.90 Å². The van der Waals surface area contributed by atoms with E-state index in [2.05, 4.69) is 47.5 Å². The van der Waals surface area contributed by atoms with Crippen LogP contribution in [0.2, 0.25) is 0 Å².